The normalized spacial score (nSPS) is 22.9. The summed E-state index contributed by atoms with van der Waals surface area (Å²) in [6, 6.07) is 5.77. The summed E-state index contributed by atoms with van der Waals surface area (Å²) in [5, 5.41) is 8.23. The number of nitrogens with zero attached hydrogens (tertiary/aromatic N) is 3. The number of amides is 1. The molecule has 0 spiro atoms. The van der Waals surface area contributed by atoms with Crippen LogP contribution in [0.15, 0.2) is 33.9 Å². The first-order valence-electron chi connectivity index (χ1n) is 8.92. The summed E-state index contributed by atoms with van der Waals surface area (Å²) < 4.78 is 29.9. The number of halogens is 1. The lowest BCUT2D eigenvalue weighted by Crippen LogP contribution is -2.54. The molecule has 9 heteroatoms. The number of ether oxygens (including phenoxy) is 2. The first-order chi connectivity index (χ1) is 13.2. The maximum atomic E-state index is 13.0. The minimum Gasteiger partial charge on any atom is -0.411 e. The molecule has 144 valence electrons. The third-order valence-electron chi connectivity index (χ3n) is 4.70. The summed E-state index contributed by atoms with van der Waals surface area (Å²) in [5.74, 6) is 0.178. The molecular weight excluding hydrogens is 373 g/mol. The molecule has 2 aliphatic rings. The highest BCUT2D eigenvalue weighted by Crippen LogP contribution is 2.26. The first kappa shape index (κ1) is 18.4. The Kier molecular flexibility index (Phi) is 5.70. The van der Waals surface area contributed by atoms with E-state index in [0.717, 1.165) is 19.4 Å². The van der Waals surface area contributed by atoms with Crippen molar-refractivity contribution in [1.29, 1.82) is 0 Å². The number of aromatic nitrogens is 2. The Balaban J connectivity index is 1.36. The topological polar surface area (TPSA) is 77.7 Å². The molecule has 2 atom stereocenters. The number of morpholine rings is 1. The second-order valence-electron chi connectivity index (χ2n) is 6.45. The summed E-state index contributed by atoms with van der Waals surface area (Å²) >= 11 is 1.20. The van der Waals surface area contributed by atoms with Gasteiger partial charge in [0.1, 0.15) is 5.82 Å². The number of benzene rings is 1. The van der Waals surface area contributed by atoms with E-state index in [1.165, 1.54) is 23.9 Å². The zero-order valence-corrected chi connectivity index (χ0v) is 15.5. The van der Waals surface area contributed by atoms with Crippen molar-refractivity contribution >= 4 is 17.7 Å². The van der Waals surface area contributed by atoms with Crippen LogP contribution in [0.5, 0.6) is 0 Å². The fourth-order valence-electron chi connectivity index (χ4n) is 3.33. The number of hydrogen-bond donors (Lipinski definition) is 0. The summed E-state index contributed by atoms with van der Waals surface area (Å²) in [6.45, 7) is 2.35. The molecule has 7 nitrogen and oxygen atoms in total. The van der Waals surface area contributed by atoms with E-state index in [1.807, 2.05) is 4.90 Å². The predicted molar refractivity (Wildman–Crippen MR) is 95.7 cm³/mol. The second-order valence-corrected chi connectivity index (χ2v) is 7.38. The molecule has 0 saturated carbocycles. The van der Waals surface area contributed by atoms with Gasteiger partial charge < -0.3 is 18.8 Å². The number of carbonyl (C=O) groups is 1. The standard InChI is InChI=1S/C18H20FN3O4S/c19-13-5-3-12(4-6-13)17-20-21-18(26-17)27-11-16(23)22-7-9-24-10-14(22)15-2-1-8-25-15/h3-6,14-15H,1-2,7-11H2. The first-order valence-corrected chi connectivity index (χ1v) is 9.90. The fourth-order valence-corrected chi connectivity index (χ4v) is 3.98. The number of hydrogen-bond acceptors (Lipinski definition) is 7. The Hall–Kier alpha value is -1.97. The van der Waals surface area contributed by atoms with Crippen LogP contribution in [0.3, 0.4) is 0 Å². The fraction of sp³-hybridized carbons (Fsp3) is 0.500. The van der Waals surface area contributed by atoms with Gasteiger partial charge in [-0.2, -0.15) is 0 Å². The van der Waals surface area contributed by atoms with Crippen LogP contribution in [0.1, 0.15) is 12.8 Å². The van der Waals surface area contributed by atoms with Gasteiger partial charge in [0.15, 0.2) is 0 Å². The van der Waals surface area contributed by atoms with Gasteiger partial charge in [0.2, 0.25) is 11.8 Å². The minimum atomic E-state index is -0.329. The van der Waals surface area contributed by atoms with Crippen molar-refractivity contribution in [2.45, 2.75) is 30.2 Å². The van der Waals surface area contributed by atoms with Crippen molar-refractivity contribution in [2.24, 2.45) is 0 Å². The lowest BCUT2D eigenvalue weighted by molar-refractivity contribution is -0.142. The molecule has 1 aromatic heterocycles. The molecule has 2 unspecified atom stereocenters. The molecule has 0 N–H and O–H groups in total. The molecule has 27 heavy (non-hydrogen) atoms. The van der Waals surface area contributed by atoms with Gasteiger partial charge in [0, 0.05) is 18.7 Å². The second kappa shape index (κ2) is 8.37. The van der Waals surface area contributed by atoms with Crippen molar-refractivity contribution in [3.63, 3.8) is 0 Å². The third-order valence-corrected chi connectivity index (χ3v) is 5.50. The maximum Gasteiger partial charge on any atom is 0.277 e. The molecule has 2 fully saturated rings. The number of rotatable bonds is 5. The van der Waals surface area contributed by atoms with Crippen LogP contribution in [0.25, 0.3) is 11.5 Å². The van der Waals surface area contributed by atoms with E-state index in [9.17, 15) is 9.18 Å². The smallest absolute Gasteiger partial charge is 0.277 e. The number of carbonyl (C=O) groups excluding carboxylic acids is 1. The van der Waals surface area contributed by atoms with Gasteiger partial charge >= 0.3 is 0 Å². The summed E-state index contributed by atoms with van der Waals surface area (Å²) in [5.41, 5.74) is 0.633. The predicted octanol–water partition coefficient (Wildman–Crippen LogP) is 2.37. The largest absolute Gasteiger partial charge is 0.411 e. The Bertz CT molecular complexity index is 779. The van der Waals surface area contributed by atoms with Crippen LogP contribution in [0.2, 0.25) is 0 Å². The average Bonchev–Trinajstić information content (AvgIpc) is 3.39. The maximum absolute atomic E-state index is 13.0. The van der Waals surface area contributed by atoms with Crippen molar-refractivity contribution in [3.8, 4) is 11.5 Å². The van der Waals surface area contributed by atoms with E-state index in [4.69, 9.17) is 13.9 Å². The van der Waals surface area contributed by atoms with E-state index in [0.29, 0.717) is 36.4 Å². The Morgan fingerprint density at radius 2 is 2.11 bits per heavy atom. The molecule has 0 bridgehead atoms. The van der Waals surface area contributed by atoms with Crippen LogP contribution >= 0.6 is 11.8 Å². The Labute approximate surface area is 160 Å². The van der Waals surface area contributed by atoms with Crippen molar-refractivity contribution in [2.75, 3.05) is 32.1 Å². The summed E-state index contributed by atoms with van der Waals surface area (Å²) in [6.07, 6.45) is 2.02. The van der Waals surface area contributed by atoms with E-state index < -0.39 is 0 Å². The van der Waals surface area contributed by atoms with Crippen molar-refractivity contribution < 1.29 is 23.1 Å². The lowest BCUT2D eigenvalue weighted by Gasteiger charge is -2.38. The van der Waals surface area contributed by atoms with Gasteiger partial charge in [0.25, 0.3) is 5.22 Å². The molecule has 4 rings (SSSR count). The quantitative estimate of drug-likeness (QED) is 0.722. The highest BCUT2D eigenvalue weighted by molar-refractivity contribution is 7.99. The van der Waals surface area contributed by atoms with Gasteiger partial charge in [-0.1, -0.05) is 11.8 Å². The summed E-state index contributed by atoms with van der Waals surface area (Å²) in [4.78, 5) is 14.6. The Morgan fingerprint density at radius 3 is 2.89 bits per heavy atom. The molecular formula is C18H20FN3O4S. The molecule has 0 radical (unpaired) electrons. The van der Waals surface area contributed by atoms with Crippen LogP contribution < -0.4 is 0 Å². The van der Waals surface area contributed by atoms with Gasteiger partial charge in [0.05, 0.1) is 31.1 Å². The van der Waals surface area contributed by atoms with Gasteiger partial charge in [-0.15, -0.1) is 10.2 Å². The van der Waals surface area contributed by atoms with Gasteiger partial charge in [-0.3, -0.25) is 4.79 Å². The Morgan fingerprint density at radius 1 is 1.26 bits per heavy atom. The third kappa shape index (κ3) is 4.31. The number of thioether (sulfide) groups is 1. The monoisotopic (exact) mass is 393 g/mol. The molecule has 2 aliphatic heterocycles. The average molecular weight is 393 g/mol. The van der Waals surface area contributed by atoms with Crippen LogP contribution in [0, 0.1) is 5.82 Å². The van der Waals surface area contributed by atoms with Gasteiger partial charge in [-0.25, -0.2) is 4.39 Å². The van der Waals surface area contributed by atoms with E-state index >= 15 is 0 Å². The zero-order valence-electron chi connectivity index (χ0n) is 14.7. The molecule has 2 aromatic rings. The summed E-state index contributed by atoms with van der Waals surface area (Å²) in [7, 11) is 0. The highest BCUT2D eigenvalue weighted by Gasteiger charge is 2.35. The molecule has 3 heterocycles. The lowest BCUT2D eigenvalue weighted by atomic mass is 10.1. The highest BCUT2D eigenvalue weighted by atomic mass is 32.2. The van der Waals surface area contributed by atoms with E-state index in [-0.39, 0.29) is 29.6 Å². The van der Waals surface area contributed by atoms with E-state index in [1.54, 1.807) is 12.1 Å². The van der Waals surface area contributed by atoms with Crippen molar-refractivity contribution in [3.05, 3.63) is 30.1 Å². The van der Waals surface area contributed by atoms with Crippen molar-refractivity contribution in [1.82, 2.24) is 15.1 Å². The molecule has 1 amide bonds. The van der Waals surface area contributed by atoms with Crippen LogP contribution in [-0.2, 0) is 14.3 Å². The van der Waals surface area contributed by atoms with Crippen LogP contribution in [0.4, 0.5) is 4.39 Å². The van der Waals surface area contributed by atoms with E-state index in [2.05, 4.69) is 10.2 Å². The molecule has 1 aromatic carbocycles. The minimum absolute atomic E-state index is 0.00494. The molecule has 0 aliphatic carbocycles. The molecule has 2 saturated heterocycles. The SMILES string of the molecule is O=C(CSc1nnc(-c2ccc(F)cc2)o1)N1CCOCC1C1CCCO1. The zero-order chi connectivity index (χ0) is 18.6. The van der Waals surface area contributed by atoms with Crippen LogP contribution in [-0.4, -0.2) is 65.3 Å². The van der Waals surface area contributed by atoms with Gasteiger partial charge in [-0.05, 0) is 37.1 Å².